The summed E-state index contributed by atoms with van der Waals surface area (Å²) in [5.74, 6) is -0.449. The van der Waals surface area contributed by atoms with Crippen LogP contribution in [-0.4, -0.2) is 18.9 Å². The SMILES string of the molecule is C=C(C)C(=O)CCC(=O)OC. The highest BCUT2D eigenvalue weighted by Gasteiger charge is 2.06. The summed E-state index contributed by atoms with van der Waals surface area (Å²) >= 11 is 0. The molecule has 0 fully saturated rings. The number of methoxy groups -OCH3 is 1. The Balaban J connectivity index is 3.63. The Morgan fingerprint density at radius 2 is 1.91 bits per heavy atom. The van der Waals surface area contributed by atoms with Crippen molar-refractivity contribution in [3.63, 3.8) is 0 Å². The topological polar surface area (TPSA) is 43.4 Å². The number of carbonyl (C=O) groups is 2. The van der Waals surface area contributed by atoms with Crippen molar-refractivity contribution in [2.45, 2.75) is 19.8 Å². The van der Waals surface area contributed by atoms with Crippen molar-refractivity contribution in [1.82, 2.24) is 0 Å². The molecule has 0 aliphatic carbocycles. The molecule has 0 N–H and O–H groups in total. The van der Waals surface area contributed by atoms with Gasteiger partial charge in [-0.15, -0.1) is 0 Å². The van der Waals surface area contributed by atoms with Gasteiger partial charge < -0.3 is 4.74 Å². The maximum atomic E-state index is 10.9. The van der Waals surface area contributed by atoms with Crippen LogP contribution in [0.5, 0.6) is 0 Å². The minimum absolute atomic E-state index is 0.0876. The van der Waals surface area contributed by atoms with Gasteiger partial charge >= 0.3 is 5.97 Å². The fourth-order valence-corrected chi connectivity index (χ4v) is 0.531. The Morgan fingerprint density at radius 3 is 2.27 bits per heavy atom. The zero-order valence-corrected chi connectivity index (χ0v) is 6.85. The van der Waals surface area contributed by atoms with Crippen LogP contribution in [0.2, 0.25) is 0 Å². The van der Waals surface area contributed by atoms with Crippen LogP contribution in [0.15, 0.2) is 12.2 Å². The van der Waals surface area contributed by atoms with E-state index in [0.29, 0.717) is 5.57 Å². The van der Waals surface area contributed by atoms with Gasteiger partial charge in [0.25, 0.3) is 0 Å². The number of hydrogen-bond donors (Lipinski definition) is 0. The van der Waals surface area contributed by atoms with Crippen molar-refractivity contribution in [3.05, 3.63) is 12.2 Å². The molecule has 0 bridgehead atoms. The third kappa shape index (κ3) is 4.31. The number of carbonyl (C=O) groups excluding carboxylic acids is 2. The number of hydrogen-bond acceptors (Lipinski definition) is 3. The molecule has 0 heterocycles. The van der Waals surface area contributed by atoms with Gasteiger partial charge in [-0.25, -0.2) is 0 Å². The Labute approximate surface area is 66.0 Å². The smallest absolute Gasteiger partial charge is 0.305 e. The fourth-order valence-electron chi connectivity index (χ4n) is 0.531. The monoisotopic (exact) mass is 156 g/mol. The van der Waals surface area contributed by atoms with E-state index in [4.69, 9.17) is 0 Å². The van der Waals surface area contributed by atoms with Gasteiger partial charge in [-0.3, -0.25) is 9.59 Å². The normalized spacial score (nSPS) is 8.91. The van der Waals surface area contributed by atoms with Crippen LogP contribution in [0, 0.1) is 0 Å². The van der Waals surface area contributed by atoms with Crippen LogP contribution in [0.25, 0.3) is 0 Å². The van der Waals surface area contributed by atoms with Crippen molar-refractivity contribution >= 4 is 11.8 Å². The summed E-state index contributed by atoms with van der Waals surface area (Å²) in [6.45, 7) is 5.08. The van der Waals surface area contributed by atoms with E-state index in [-0.39, 0.29) is 24.6 Å². The zero-order valence-electron chi connectivity index (χ0n) is 6.85. The summed E-state index contributed by atoms with van der Waals surface area (Å²) < 4.78 is 4.36. The minimum atomic E-state index is -0.361. The van der Waals surface area contributed by atoms with Crippen LogP contribution < -0.4 is 0 Å². The van der Waals surface area contributed by atoms with Crippen LogP contribution in [-0.2, 0) is 14.3 Å². The highest BCUT2D eigenvalue weighted by Crippen LogP contribution is 1.99. The molecule has 0 aromatic heterocycles. The third-order valence-electron chi connectivity index (χ3n) is 1.26. The van der Waals surface area contributed by atoms with Crippen molar-refractivity contribution in [2.24, 2.45) is 0 Å². The molecular formula is C8H12O3. The van der Waals surface area contributed by atoms with Crippen LogP contribution in [0.3, 0.4) is 0 Å². The zero-order chi connectivity index (χ0) is 8.85. The molecule has 0 spiro atoms. The van der Waals surface area contributed by atoms with Crippen molar-refractivity contribution in [3.8, 4) is 0 Å². The minimum Gasteiger partial charge on any atom is -0.469 e. The van der Waals surface area contributed by atoms with Gasteiger partial charge in [0.15, 0.2) is 5.78 Å². The van der Waals surface area contributed by atoms with E-state index in [0.717, 1.165) is 0 Å². The van der Waals surface area contributed by atoms with E-state index in [1.165, 1.54) is 7.11 Å². The molecule has 0 aromatic rings. The van der Waals surface area contributed by atoms with Gasteiger partial charge in [-0.1, -0.05) is 6.58 Å². The van der Waals surface area contributed by atoms with Crippen LogP contribution in [0.4, 0.5) is 0 Å². The summed E-state index contributed by atoms with van der Waals surface area (Å²) in [6, 6.07) is 0. The van der Waals surface area contributed by atoms with Crippen molar-refractivity contribution < 1.29 is 14.3 Å². The van der Waals surface area contributed by atoms with E-state index in [1.54, 1.807) is 6.92 Å². The van der Waals surface area contributed by atoms with E-state index in [9.17, 15) is 9.59 Å². The molecule has 0 amide bonds. The van der Waals surface area contributed by atoms with E-state index < -0.39 is 0 Å². The quantitative estimate of drug-likeness (QED) is 0.452. The molecule has 3 heteroatoms. The van der Waals surface area contributed by atoms with Crippen LogP contribution in [0.1, 0.15) is 19.8 Å². The number of ketones is 1. The van der Waals surface area contributed by atoms with E-state index in [2.05, 4.69) is 11.3 Å². The highest BCUT2D eigenvalue weighted by molar-refractivity contribution is 5.95. The van der Waals surface area contributed by atoms with Gasteiger partial charge in [0.1, 0.15) is 0 Å². The average Bonchev–Trinajstić information content (AvgIpc) is 1.99. The van der Waals surface area contributed by atoms with Gasteiger partial charge in [-0.05, 0) is 12.5 Å². The third-order valence-corrected chi connectivity index (χ3v) is 1.26. The predicted octanol–water partition coefficient (Wildman–Crippen LogP) is 1.08. The number of ether oxygens (including phenoxy) is 1. The highest BCUT2D eigenvalue weighted by atomic mass is 16.5. The fraction of sp³-hybridized carbons (Fsp3) is 0.500. The molecule has 0 radical (unpaired) electrons. The molecule has 0 atom stereocenters. The van der Waals surface area contributed by atoms with Crippen molar-refractivity contribution in [2.75, 3.05) is 7.11 Å². The Hall–Kier alpha value is -1.12. The molecule has 0 aliphatic rings. The lowest BCUT2D eigenvalue weighted by Gasteiger charge is -1.97. The summed E-state index contributed by atoms with van der Waals surface area (Å²) in [6.07, 6.45) is 0.337. The number of Topliss-reactive ketones (excluding diaryl/α,β-unsaturated/α-hetero) is 1. The lowest BCUT2D eigenvalue weighted by atomic mass is 10.1. The van der Waals surface area contributed by atoms with Gasteiger partial charge in [-0.2, -0.15) is 0 Å². The molecule has 3 nitrogen and oxygen atoms in total. The van der Waals surface area contributed by atoms with Gasteiger partial charge in [0, 0.05) is 6.42 Å². The molecular weight excluding hydrogens is 144 g/mol. The Bertz CT molecular complexity index is 182. The first-order chi connectivity index (χ1) is 5.07. The lowest BCUT2D eigenvalue weighted by molar-refractivity contribution is -0.141. The second kappa shape index (κ2) is 4.66. The molecule has 0 aliphatic heterocycles. The molecule has 0 unspecified atom stereocenters. The second-order valence-corrected chi connectivity index (χ2v) is 2.28. The first-order valence-corrected chi connectivity index (χ1v) is 3.33. The Morgan fingerprint density at radius 1 is 1.36 bits per heavy atom. The number of esters is 1. The summed E-state index contributed by atoms with van der Waals surface area (Å²) in [5.41, 5.74) is 0.480. The number of allylic oxidation sites excluding steroid dienone is 1. The van der Waals surface area contributed by atoms with E-state index in [1.807, 2.05) is 0 Å². The molecule has 11 heavy (non-hydrogen) atoms. The lowest BCUT2D eigenvalue weighted by Crippen LogP contribution is -2.05. The molecule has 0 saturated heterocycles. The standard InChI is InChI=1S/C8H12O3/c1-6(2)7(9)4-5-8(10)11-3/h1,4-5H2,2-3H3. The van der Waals surface area contributed by atoms with E-state index >= 15 is 0 Å². The first-order valence-electron chi connectivity index (χ1n) is 3.33. The molecule has 0 rings (SSSR count). The maximum absolute atomic E-state index is 10.9. The van der Waals surface area contributed by atoms with Gasteiger partial charge in [0.05, 0.1) is 13.5 Å². The van der Waals surface area contributed by atoms with Crippen LogP contribution >= 0.6 is 0 Å². The largest absolute Gasteiger partial charge is 0.469 e. The predicted molar refractivity (Wildman–Crippen MR) is 41.1 cm³/mol. The van der Waals surface area contributed by atoms with Gasteiger partial charge in [0.2, 0.25) is 0 Å². The summed E-state index contributed by atoms with van der Waals surface area (Å²) in [5, 5.41) is 0. The summed E-state index contributed by atoms with van der Waals surface area (Å²) in [7, 11) is 1.30. The number of rotatable bonds is 4. The second-order valence-electron chi connectivity index (χ2n) is 2.28. The maximum Gasteiger partial charge on any atom is 0.305 e. The average molecular weight is 156 g/mol. The van der Waals surface area contributed by atoms with Crippen molar-refractivity contribution in [1.29, 1.82) is 0 Å². The summed E-state index contributed by atoms with van der Waals surface area (Å²) in [4.78, 5) is 21.4. The Kier molecular flexibility index (Phi) is 4.18. The molecule has 62 valence electrons. The molecule has 0 saturated carbocycles. The first kappa shape index (κ1) is 9.88. The molecule has 0 aromatic carbocycles.